The minimum atomic E-state index is -0.142. The Morgan fingerprint density at radius 3 is 2.69 bits per heavy atom. The normalized spacial score (nSPS) is 12.4. The molecule has 0 aromatic rings. The Morgan fingerprint density at radius 2 is 2.15 bits per heavy atom. The number of nitrogens with zero attached hydrogens (tertiary/aromatic N) is 1. The summed E-state index contributed by atoms with van der Waals surface area (Å²) in [5, 5.41) is 11.8. The second-order valence-corrected chi connectivity index (χ2v) is 3.06. The Kier molecular flexibility index (Phi) is 9.07. The molecule has 76 valence electrons. The first-order chi connectivity index (χ1) is 6.35. The van der Waals surface area contributed by atoms with Crippen molar-refractivity contribution in [1.29, 1.82) is 5.26 Å². The van der Waals surface area contributed by atoms with Crippen LogP contribution in [0.2, 0.25) is 0 Å². The monoisotopic (exact) mass is 184 g/mol. The molecule has 0 bridgehead atoms. The molecular weight excluding hydrogens is 164 g/mol. The molecule has 0 saturated carbocycles. The highest BCUT2D eigenvalue weighted by molar-refractivity contribution is 4.89. The first-order valence-corrected chi connectivity index (χ1v) is 5.05. The minimum Gasteiger partial charge on any atom is -0.379 e. The molecule has 0 radical (unpaired) electrons. The van der Waals surface area contributed by atoms with E-state index in [2.05, 4.69) is 25.2 Å². The molecule has 0 spiro atoms. The Bertz CT molecular complexity index is 142. The number of hydrogen-bond donors (Lipinski definition) is 1. The van der Waals surface area contributed by atoms with Crippen LogP contribution in [-0.4, -0.2) is 25.8 Å². The highest BCUT2D eigenvalue weighted by Gasteiger charge is 2.04. The zero-order valence-corrected chi connectivity index (χ0v) is 8.68. The highest BCUT2D eigenvalue weighted by atomic mass is 16.5. The van der Waals surface area contributed by atoms with E-state index in [0.717, 1.165) is 32.4 Å². The second-order valence-electron chi connectivity index (χ2n) is 3.06. The number of ether oxygens (including phenoxy) is 1. The molecule has 3 nitrogen and oxygen atoms in total. The molecule has 1 unspecified atom stereocenters. The Balaban J connectivity index is 3.32. The predicted molar refractivity (Wildman–Crippen MR) is 53.4 cm³/mol. The third kappa shape index (κ3) is 7.76. The van der Waals surface area contributed by atoms with Crippen molar-refractivity contribution < 1.29 is 4.74 Å². The van der Waals surface area contributed by atoms with Gasteiger partial charge in [-0.1, -0.05) is 20.3 Å². The summed E-state index contributed by atoms with van der Waals surface area (Å²) in [5.41, 5.74) is 0. The molecule has 1 atom stereocenters. The van der Waals surface area contributed by atoms with Crippen LogP contribution in [0.4, 0.5) is 0 Å². The van der Waals surface area contributed by atoms with Gasteiger partial charge in [0.25, 0.3) is 0 Å². The summed E-state index contributed by atoms with van der Waals surface area (Å²) in [7, 11) is 0. The molecule has 13 heavy (non-hydrogen) atoms. The molecule has 0 aliphatic rings. The molecular formula is C10H20N2O. The molecule has 0 fully saturated rings. The second kappa shape index (κ2) is 9.50. The highest BCUT2D eigenvalue weighted by Crippen LogP contribution is 1.90. The lowest BCUT2D eigenvalue weighted by molar-refractivity contribution is 0.120. The molecule has 0 rings (SSSR count). The maximum Gasteiger partial charge on any atom is 0.119 e. The fourth-order valence-electron chi connectivity index (χ4n) is 0.908. The maximum absolute atomic E-state index is 8.72. The summed E-state index contributed by atoms with van der Waals surface area (Å²) in [4.78, 5) is 0. The molecule has 0 aromatic heterocycles. The van der Waals surface area contributed by atoms with Gasteiger partial charge in [0.05, 0.1) is 12.7 Å². The van der Waals surface area contributed by atoms with Crippen molar-refractivity contribution in [2.45, 2.75) is 39.2 Å². The summed E-state index contributed by atoms with van der Waals surface area (Å²) in [6.45, 7) is 6.37. The van der Waals surface area contributed by atoms with Crippen molar-refractivity contribution >= 4 is 0 Å². The Hall–Kier alpha value is -0.590. The van der Waals surface area contributed by atoms with Crippen LogP contribution in [0.15, 0.2) is 0 Å². The van der Waals surface area contributed by atoms with Crippen LogP contribution in [0.25, 0.3) is 0 Å². The quantitative estimate of drug-likeness (QED) is 0.584. The van der Waals surface area contributed by atoms with Gasteiger partial charge in [-0.05, 0) is 19.4 Å². The average Bonchev–Trinajstić information content (AvgIpc) is 2.17. The average molecular weight is 184 g/mol. The summed E-state index contributed by atoms with van der Waals surface area (Å²) in [6.07, 6.45) is 3.26. The van der Waals surface area contributed by atoms with E-state index < -0.39 is 0 Å². The van der Waals surface area contributed by atoms with E-state index >= 15 is 0 Å². The summed E-state index contributed by atoms with van der Waals surface area (Å²) in [6, 6.07) is 2.04. The van der Waals surface area contributed by atoms with E-state index in [0.29, 0.717) is 6.61 Å². The SMILES string of the molecule is CCCCOCC(C#N)NCCC. The smallest absolute Gasteiger partial charge is 0.119 e. The fraction of sp³-hybridized carbons (Fsp3) is 0.900. The third-order valence-corrected chi connectivity index (χ3v) is 1.72. The van der Waals surface area contributed by atoms with Gasteiger partial charge in [0.2, 0.25) is 0 Å². The lowest BCUT2D eigenvalue weighted by Crippen LogP contribution is -2.32. The van der Waals surface area contributed by atoms with Gasteiger partial charge in [0, 0.05) is 6.61 Å². The number of nitriles is 1. The topological polar surface area (TPSA) is 45.0 Å². The third-order valence-electron chi connectivity index (χ3n) is 1.72. The van der Waals surface area contributed by atoms with E-state index in [9.17, 15) is 0 Å². The van der Waals surface area contributed by atoms with E-state index in [1.165, 1.54) is 0 Å². The van der Waals surface area contributed by atoms with Crippen LogP contribution in [0.3, 0.4) is 0 Å². The number of unbranched alkanes of at least 4 members (excludes halogenated alkanes) is 1. The van der Waals surface area contributed by atoms with E-state index in [-0.39, 0.29) is 6.04 Å². The van der Waals surface area contributed by atoms with Crippen LogP contribution in [0, 0.1) is 11.3 Å². The van der Waals surface area contributed by atoms with Crippen LogP contribution in [0.5, 0.6) is 0 Å². The molecule has 0 amide bonds. The zero-order chi connectivity index (χ0) is 9.94. The van der Waals surface area contributed by atoms with E-state index in [4.69, 9.17) is 10.00 Å². The molecule has 3 heteroatoms. The first-order valence-electron chi connectivity index (χ1n) is 5.05. The van der Waals surface area contributed by atoms with Crippen molar-refractivity contribution in [2.24, 2.45) is 0 Å². The Labute approximate surface area is 81.1 Å². The molecule has 0 heterocycles. The number of nitrogens with one attached hydrogen (secondary N) is 1. The number of hydrogen-bond acceptors (Lipinski definition) is 3. The lowest BCUT2D eigenvalue weighted by Gasteiger charge is -2.10. The number of rotatable bonds is 8. The van der Waals surface area contributed by atoms with Gasteiger partial charge in [-0.15, -0.1) is 0 Å². The first kappa shape index (κ1) is 12.4. The van der Waals surface area contributed by atoms with Crippen molar-refractivity contribution in [2.75, 3.05) is 19.8 Å². The summed E-state index contributed by atoms with van der Waals surface area (Å²) >= 11 is 0. The molecule has 0 aliphatic heterocycles. The maximum atomic E-state index is 8.72. The van der Waals surface area contributed by atoms with Crippen LogP contribution < -0.4 is 5.32 Å². The zero-order valence-electron chi connectivity index (χ0n) is 8.68. The summed E-state index contributed by atoms with van der Waals surface area (Å²) < 4.78 is 5.34. The summed E-state index contributed by atoms with van der Waals surface area (Å²) in [5.74, 6) is 0. The Morgan fingerprint density at radius 1 is 1.38 bits per heavy atom. The largest absolute Gasteiger partial charge is 0.379 e. The fourth-order valence-corrected chi connectivity index (χ4v) is 0.908. The molecule has 0 aliphatic carbocycles. The predicted octanol–water partition coefficient (Wildman–Crippen LogP) is 1.69. The van der Waals surface area contributed by atoms with Gasteiger partial charge in [0.1, 0.15) is 6.04 Å². The van der Waals surface area contributed by atoms with Crippen LogP contribution >= 0.6 is 0 Å². The molecule has 1 N–H and O–H groups in total. The van der Waals surface area contributed by atoms with Crippen molar-refractivity contribution in [3.63, 3.8) is 0 Å². The lowest BCUT2D eigenvalue weighted by atomic mass is 10.3. The minimum absolute atomic E-state index is 0.142. The van der Waals surface area contributed by atoms with Gasteiger partial charge >= 0.3 is 0 Å². The van der Waals surface area contributed by atoms with Crippen LogP contribution in [-0.2, 0) is 4.74 Å². The van der Waals surface area contributed by atoms with Gasteiger partial charge < -0.3 is 10.1 Å². The van der Waals surface area contributed by atoms with Gasteiger partial charge in [0.15, 0.2) is 0 Å². The molecule has 0 saturated heterocycles. The van der Waals surface area contributed by atoms with Crippen molar-refractivity contribution in [3.8, 4) is 6.07 Å². The standard InChI is InChI=1S/C10H20N2O/c1-3-5-7-13-9-10(8-11)12-6-4-2/h10,12H,3-7,9H2,1-2H3. The van der Waals surface area contributed by atoms with Gasteiger partial charge in [-0.3, -0.25) is 0 Å². The van der Waals surface area contributed by atoms with Crippen molar-refractivity contribution in [3.05, 3.63) is 0 Å². The van der Waals surface area contributed by atoms with Gasteiger partial charge in [-0.2, -0.15) is 5.26 Å². The molecule has 0 aromatic carbocycles. The van der Waals surface area contributed by atoms with E-state index in [1.807, 2.05) is 0 Å². The van der Waals surface area contributed by atoms with Crippen molar-refractivity contribution in [1.82, 2.24) is 5.32 Å². The van der Waals surface area contributed by atoms with E-state index in [1.54, 1.807) is 0 Å². The van der Waals surface area contributed by atoms with Crippen LogP contribution in [0.1, 0.15) is 33.1 Å². The van der Waals surface area contributed by atoms with Gasteiger partial charge in [-0.25, -0.2) is 0 Å².